The highest BCUT2D eigenvalue weighted by Crippen LogP contribution is 2.42. The van der Waals surface area contributed by atoms with E-state index in [-0.39, 0.29) is 11.6 Å². The van der Waals surface area contributed by atoms with Crippen LogP contribution in [0.15, 0.2) is 24.3 Å². The van der Waals surface area contributed by atoms with Crippen molar-refractivity contribution in [3.63, 3.8) is 0 Å². The molecule has 0 aromatic heterocycles. The number of hydrogen-bond acceptors (Lipinski definition) is 3. The molecule has 1 unspecified atom stereocenters. The summed E-state index contributed by atoms with van der Waals surface area (Å²) in [6.07, 6.45) is 0. The molecule has 0 aliphatic carbocycles. The zero-order valence-electron chi connectivity index (χ0n) is 12.4. The van der Waals surface area contributed by atoms with E-state index in [1.165, 1.54) is 5.56 Å². The number of hydrogen-bond donors (Lipinski definition) is 1. The maximum absolute atomic E-state index is 6.00. The first kappa shape index (κ1) is 14.4. The molecule has 1 N–H and O–H groups in total. The van der Waals surface area contributed by atoms with Gasteiger partial charge in [-0.25, -0.2) is 0 Å². The molecular formula is C16H25NO2. The highest BCUT2D eigenvalue weighted by molar-refractivity contribution is 5.42. The Morgan fingerprint density at radius 3 is 2.79 bits per heavy atom. The topological polar surface area (TPSA) is 30.5 Å². The second-order valence-corrected chi connectivity index (χ2v) is 6.10. The lowest BCUT2D eigenvalue weighted by Crippen LogP contribution is -2.40. The molecule has 0 radical (unpaired) electrons. The van der Waals surface area contributed by atoms with Crippen molar-refractivity contribution in [2.75, 3.05) is 19.8 Å². The van der Waals surface area contributed by atoms with Crippen LogP contribution in [0.5, 0.6) is 5.75 Å². The molecule has 106 valence electrons. The van der Waals surface area contributed by atoms with Crippen LogP contribution in [-0.4, -0.2) is 25.4 Å². The van der Waals surface area contributed by atoms with Crippen LogP contribution in [0.3, 0.4) is 0 Å². The molecule has 0 amide bonds. The van der Waals surface area contributed by atoms with Crippen LogP contribution in [0.25, 0.3) is 0 Å². The Morgan fingerprint density at radius 2 is 2.05 bits per heavy atom. The Kier molecular flexibility index (Phi) is 4.48. The summed E-state index contributed by atoms with van der Waals surface area (Å²) < 4.78 is 11.6. The SMILES string of the molecule is CC(C)COCCNC1c2ccccc2OC1(C)C. The van der Waals surface area contributed by atoms with Crippen LogP contribution in [0, 0.1) is 5.92 Å². The highest BCUT2D eigenvalue weighted by Gasteiger charge is 2.40. The summed E-state index contributed by atoms with van der Waals surface area (Å²) in [5.41, 5.74) is 1.04. The molecule has 3 heteroatoms. The predicted molar refractivity (Wildman–Crippen MR) is 77.5 cm³/mol. The normalized spacial score (nSPS) is 20.4. The summed E-state index contributed by atoms with van der Waals surface area (Å²) in [5.74, 6) is 1.58. The minimum Gasteiger partial charge on any atom is -0.486 e. The third-order valence-corrected chi connectivity index (χ3v) is 3.34. The van der Waals surface area contributed by atoms with Crippen molar-refractivity contribution in [1.82, 2.24) is 5.32 Å². The van der Waals surface area contributed by atoms with Gasteiger partial charge < -0.3 is 14.8 Å². The van der Waals surface area contributed by atoms with Crippen LogP contribution in [0.2, 0.25) is 0 Å². The Morgan fingerprint density at radius 1 is 1.32 bits per heavy atom. The number of ether oxygens (including phenoxy) is 2. The summed E-state index contributed by atoms with van der Waals surface area (Å²) in [5, 5.41) is 3.55. The van der Waals surface area contributed by atoms with E-state index in [0.29, 0.717) is 5.92 Å². The van der Waals surface area contributed by atoms with E-state index in [0.717, 1.165) is 25.5 Å². The van der Waals surface area contributed by atoms with Gasteiger partial charge in [0, 0.05) is 18.7 Å². The van der Waals surface area contributed by atoms with Gasteiger partial charge in [-0.1, -0.05) is 32.0 Å². The molecule has 0 fully saturated rings. The summed E-state index contributed by atoms with van der Waals surface area (Å²) in [6, 6.07) is 8.48. The fourth-order valence-corrected chi connectivity index (χ4v) is 2.48. The summed E-state index contributed by atoms with van der Waals surface area (Å²) in [4.78, 5) is 0. The lowest BCUT2D eigenvalue weighted by atomic mass is 9.94. The molecule has 1 atom stereocenters. The van der Waals surface area contributed by atoms with Crippen LogP contribution >= 0.6 is 0 Å². The molecule has 0 spiro atoms. The molecule has 1 heterocycles. The molecule has 1 aliphatic heterocycles. The van der Waals surface area contributed by atoms with Gasteiger partial charge in [0.1, 0.15) is 11.4 Å². The molecule has 2 rings (SSSR count). The number of rotatable bonds is 6. The molecule has 1 aromatic rings. The van der Waals surface area contributed by atoms with Crippen molar-refractivity contribution in [3.05, 3.63) is 29.8 Å². The quantitative estimate of drug-likeness (QED) is 0.800. The Bertz CT molecular complexity index is 415. The van der Waals surface area contributed by atoms with E-state index in [4.69, 9.17) is 9.47 Å². The minimum absolute atomic E-state index is 0.207. The number of fused-ring (bicyclic) bond motifs is 1. The average molecular weight is 263 g/mol. The average Bonchev–Trinajstić information content (AvgIpc) is 2.59. The molecule has 19 heavy (non-hydrogen) atoms. The van der Waals surface area contributed by atoms with Crippen LogP contribution < -0.4 is 10.1 Å². The summed E-state index contributed by atoms with van der Waals surface area (Å²) >= 11 is 0. The third-order valence-electron chi connectivity index (χ3n) is 3.34. The number of nitrogens with one attached hydrogen (secondary N) is 1. The molecule has 3 nitrogen and oxygen atoms in total. The standard InChI is InChI=1S/C16H25NO2/c1-12(2)11-18-10-9-17-15-13-7-5-6-8-14(13)19-16(15,3)4/h5-8,12,15,17H,9-11H2,1-4H3. The van der Waals surface area contributed by atoms with Crippen molar-refractivity contribution < 1.29 is 9.47 Å². The zero-order valence-corrected chi connectivity index (χ0v) is 12.4. The van der Waals surface area contributed by atoms with Gasteiger partial charge in [-0.2, -0.15) is 0 Å². The number of benzene rings is 1. The van der Waals surface area contributed by atoms with E-state index in [2.05, 4.69) is 45.1 Å². The van der Waals surface area contributed by atoms with Crippen molar-refractivity contribution in [2.45, 2.75) is 39.3 Å². The molecule has 1 aromatic carbocycles. The Balaban J connectivity index is 1.88. The van der Waals surface area contributed by atoms with Gasteiger partial charge >= 0.3 is 0 Å². The zero-order chi connectivity index (χ0) is 13.9. The largest absolute Gasteiger partial charge is 0.486 e. The van der Waals surface area contributed by atoms with Crippen molar-refractivity contribution >= 4 is 0 Å². The lowest BCUT2D eigenvalue weighted by Gasteiger charge is -2.27. The van der Waals surface area contributed by atoms with Crippen LogP contribution in [-0.2, 0) is 4.74 Å². The summed E-state index contributed by atoms with van der Waals surface area (Å²) in [7, 11) is 0. The molecule has 0 saturated carbocycles. The Hall–Kier alpha value is -1.06. The second-order valence-electron chi connectivity index (χ2n) is 6.10. The maximum atomic E-state index is 6.00. The van der Waals surface area contributed by atoms with Crippen molar-refractivity contribution in [3.8, 4) is 5.75 Å². The third kappa shape index (κ3) is 3.48. The van der Waals surface area contributed by atoms with Gasteiger partial charge in [0.05, 0.1) is 12.6 Å². The molecule has 1 aliphatic rings. The fraction of sp³-hybridized carbons (Fsp3) is 0.625. The first-order valence-corrected chi connectivity index (χ1v) is 7.10. The molecular weight excluding hydrogens is 238 g/mol. The van der Waals surface area contributed by atoms with Crippen LogP contribution in [0.4, 0.5) is 0 Å². The van der Waals surface area contributed by atoms with E-state index < -0.39 is 0 Å². The lowest BCUT2D eigenvalue weighted by molar-refractivity contribution is 0.0801. The molecule has 0 bridgehead atoms. The maximum Gasteiger partial charge on any atom is 0.125 e. The van der Waals surface area contributed by atoms with Gasteiger partial charge in [-0.05, 0) is 25.8 Å². The smallest absolute Gasteiger partial charge is 0.125 e. The van der Waals surface area contributed by atoms with E-state index in [1.807, 2.05) is 12.1 Å². The van der Waals surface area contributed by atoms with Crippen molar-refractivity contribution in [1.29, 1.82) is 0 Å². The number of para-hydroxylation sites is 1. The highest BCUT2D eigenvalue weighted by atomic mass is 16.5. The van der Waals surface area contributed by atoms with Crippen LogP contribution in [0.1, 0.15) is 39.3 Å². The second kappa shape index (κ2) is 5.93. The van der Waals surface area contributed by atoms with Gasteiger partial charge in [0.15, 0.2) is 0 Å². The first-order valence-electron chi connectivity index (χ1n) is 7.10. The van der Waals surface area contributed by atoms with E-state index in [9.17, 15) is 0 Å². The molecule has 0 saturated heterocycles. The van der Waals surface area contributed by atoms with E-state index in [1.54, 1.807) is 0 Å². The van der Waals surface area contributed by atoms with Gasteiger partial charge in [0.2, 0.25) is 0 Å². The summed E-state index contributed by atoms with van der Waals surface area (Å²) in [6.45, 7) is 11.0. The Labute approximate surface area is 116 Å². The van der Waals surface area contributed by atoms with Gasteiger partial charge in [-0.3, -0.25) is 0 Å². The minimum atomic E-state index is -0.207. The monoisotopic (exact) mass is 263 g/mol. The van der Waals surface area contributed by atoms with E-state index >= 15 is 0 Å². The van der Waals surface area contributed by atoms with Crippen molar-refractivity contribution in [2.24, 2.45) is 5.92 Å². The van der Waals surface area contributed by atoms with Gasteiger partial charge in [0.25, 0.3) is 0 Å². The van der Waals surface area contributed by atoms with Gasteiger partial charge in [-0.15, -0.1) is 0 Å². The first-order chi connectivity index (χ1) is 9.00. The fourth-order valence-electron chi connectivity index (χ4n) is 2.48. The predicted octanol–water partition coefficient (Wildman–Crippen LogP) is 3.16.